The molecule has 2 aromatic rings. The fraction of sp³-hybridized carbons (Fsp3) is 0.0909. The van der Waals surface area contributed by atoms with Gasteiger partial charge in [0.25, 0.3) is 0 Å². The first-order valence-electron chi connectivity index (χ1n) is 4.64. The number of hydrogen-bond acceptors (Lipinski definition) is 2. The van der Waals surface area contributed by atoms with Crippen LogP contribution in [0.1, 0.15) is 5.69 Å². The Morgan fingerprint density at radius 2 is 1.94 bits per heavy atom. The van der Waals surface area contributed by atoms with Gasteiger partial charge in [0.15, 0.2) is 5.82 Å². The van der Waals surface area contributed by atoms with Crippen molar-refractivity contribution >= 4 is 43.5 Å². The highest BCUT2D eigenvalue weighted by molar-refractivity contribution is 9.10. The monoisotopic (exact) mass is 378 g/mol. The molecular formula is C11H6Br2ClFN2. The average molecular weight is 380 g/mol. The zero-order chi connectivity index (χ0) is 12.6. The van der Waals surface area contributed by atoms with Crippen LogP contribution in [0, 0.1) is 12.7 Å². The molecule has 0 aliphatic heterocycles. The quantitative estimate of drug-likeness (QED) is 0.666. The molecule has 0 unspecified atom stereocenters. The molecule has 2 rings (SSSR count). The molecule has 2 nitrogen and oxygen atoms in total. The topological polar surface area (TPSA) is 25.8 Å². The molecule has 1 aromatic carbocycles. The summed E-state index contributed by atoms with van der Waals surface area (Å²) >= 11 is 12.3. The van der Waals surface area contributed by atoms with Crippen molar-refractivity contribution < 1.29 is 4.39 Å². The fourth-order valence-corrected chi connectivity index (χ4v) is 1.93. The Bertz CT molecular complexity index is 567. The van der Waals surface area contributed by atoms with Crippen molar-refractivity contribution in [1.29, 1.82) is 0 Å². The summed E-state index contributed by atoms with van der Waals surface area (Å²) in [4.78, 5) is 8.35. The zero-order valence-corrected chi connectivity index (χ0v) is 12.6. The second-order valence-electron chi connectivity index (χ2n) is 3.37. The Morgan fingerprint density at radius 1 is 1.24 bits per heavy atom. The lowest BCUT2D eigenvalue weighted by Crippen LogP contribution is -1.95. The lowest BCUT2D eigenvalue weighted by molar-refractivity contribution is 0.621. The maximum absolute atomic E-state index is 13.4. The van der Waals surface area contributed by atoms with Gasteiger partial charge in [0, 0.05) is 5.56 Å². The van der Waals surface area contributed by atoms with Gasteiger partial charge in [-0.25, -0.2) is 14.4 Å². The molecule has 17 heavy (non-hydrogen) atoms. The van der Waals surface area contributed by atoms with Crippen LogP contribution in [0.15, 0.2) is 27.1 Å². The first-order chi connectivity index (χ1) is 7.99. The Balaban J connectivity index is 2.57. The van der Waals surface area contributed by atoms with Crippen molar-refractivity contribution in [3.63, 3.8) is 0 Å². The molecule has 1 heterocycles. The summed E-state index contributed by atoms with van der Waals surface area (Å²) in [6, 6.07) is 4.70. The molecule has 88 valence electrons. The van der Waals surface area contributed by atoms with Gasteiger partial charge in [0.1, 0.15) is 11.0 Å². The predicted molar refractivity (Wildman–Crippen MR) is 72.6 cm³/mol. The average Bonchev–Trinajstić information content (AvgIpc) is 2.29. The van der Waals surface area contributed by atoms with Gasteiger partial charge in [-0.2, -0.15) is 0 Å². The number of aryl methyl sites for hydroxylation is 1. The minimum absolute atomic E-state index is 0.316. The van der Waals surface area contributed by atoms with Gasteiger partial charge >= 0.3 is 0 Å². The molecule has 6 heteroatoms. The Kier molecular flexibility index (Phi) is 3.80. The maximum atomic E-state index is 13.4. The molecule has 0 spiro atoms. The van der Waals surface area contributed by atoms with Gasteiger partial charge in [0.05, 0.1) is 14.6 Å². The van der Waals surface area contributed by atoms with Crippen molar-refractivity contribution in [2.75, 3.05) is 0 Å². The summed E-state index contributed by atoms with van der Waals surface area (Å²) in [5.41, 5.74) is 1.30. The van der Waals surface area contributed by atoms with Gasteiger partial charge in [-0.1, -0.05) is 11.6 Å². The Labute approximate surface area is 119 Å². The fourth-order valence-electron chi connectivity index (χ4n) is 1.29. The highest BCUT2D eigenvalue weighted by Crippen LogP contribution is 2.27. The summed E-state index contributed by atoms with van der Waals surface area (Å²) < 4.78 is 14.5. The van der Waals surface area contributed by atoms with Crippen LogP contribution < -0.4 is 0 Å². The molecule has 0 aliphatic rings. The maximum Gasteiger partial charge on any atom is 0.161 e. The van der Waals surface area contributed by atoms with Crippen LogP contribution in [-0.2, 0) is 0 Å². The number of hydrogen-bond donors (Lipinski definition) is 0. The smallest absolute Gasteiger partial charge is 0.161 e. The zero-order valence-electron chi connectivity index (χ0n) is 8.64. The van der Waals surface area contributed by atoms with E-state index in [2.05, 4.69) is 41.8 Å². The SMILES string of the molecule is Cc1nc(-c2ccc(Br)c(F)c2)nc(Cl)c1Br. The first-order valence-corrected chi connectivity index (χ1v) is 6.60. The second-order valence-corrected chi connectivity index (χ2v) is 5.37. The highest BCUT2D eigenvalue weighted by atomic mass is 79.9. The van der Waals surface area contributed by atoms with Crippen LogP contribution in [0.4, 0.5) is 4.39 Å². The van der Waals surface area contributed by atoms with E-state index in [1.807, 2.05) is 0 Å². The van der Waals surface area contributed by atoms with Crippen molar-refractivity contribution in [2.45, 2.75) is 6.92 Å². The number of halogens is 4. The van der Waals surface area contributed by atoms with Gasteiger partial charge < -0.3 is 0 Å². The molecule has 0 N–H and O–H groups in total. The lowest BCUT2D eigenvalue weighted by atomic mass is 10.2. The number of nitrogens with zero attached hydrogens (tertiary/aromatic N) is 2. The third-order valence-corrected chi connectivity index (χ3v) is 4.25. The van der Waals surface area contributed by atoms with Crippen LogP contribution in [0.25, 0.3) is 11.4 Å². The molecule has 0 atom stereocenters. The van der Waals surface area contributed by atoms with Gasteiger partial charge in [0.2, 0.25) is 0 Å². The third kappa shape index (κ3) is 2.67. The van der Waals surface area contributed by atoms with Gasteiger partial charge in [-0.05, 0) is 57.0 Å². The molecule has 0 amide bonds. The molecule has 0 aliphatic carbocycles. The van der Waals surface area contributed by atoms with E-state index >= 15 is 0 Å². The molecule has 1 aromatic heterocycles. The van der Waals surface area contributed by atoms with Crippen LogP contribution in [-0.4, -0.2) is 9.97 Å². The number of aromatic nitrogens is 2. The van der Waals surface area contributed by atoms with Crippen LogP contribution in [0.2, 0.25) is 5.15 Å². The van der Waals surface area contributed by atoms with Crippen molar-refractivity contribution in [2.24, 2.45) is 0 Å². The van der Waals surface area contributed by atoms with Crippen molar-refractivity contribution in [3.05, 3.63) is 43.8 Å². The second kappa shape index (κ2) is 5.00. The van der Waals surface area contributed by atoms with E-state index in [4.69, 9.17) is 11.6 Å². The largest absolute Gasteiger partial charge is 0.232 e. The van der Waals surface area contributed by atoms with Crippen molar-refractivity contribution in [3.8, 4) is 11.4 Å². The van der Waals surface area contributed by atoms with Gasteiger partial charge in [-0.15, -0.1) is 0 Å². The van der Waals surface area contributed by atoms with Gasteiger partial charge in [-0.3, -0.25) is 0 Å². The van der Waals surface area contributed by atoms with Crippen LogP contribution in [0.3, 0.4) is 0 Å². The summed E-state index contributed by atoms with van der Waals surface area (Å²) in [5.74, 6) is 0.0462. The molecule has 0 radical (unpaired) electrons. The molecule has 0 saturated heterocycles. The van der Waals surface area contributed by atoms with E-state index in [1.54, 1.807) is 19.1 Å². The van der Waals surface area contributed by atoms with E-state index in [1.165, 1.54) is 6.07 Å². The molecular weight excluding hydrogens is 374 g/mol. The molecule has 0 bridgehead atoms. The Morgan fingerprint density at radius 3 is 2.53 bits per heavy atom. The van der Waals surface area contributed by atoms with Crippen LogP contribution in [0.5, 0.6) is 0 Å². The first kappa shape index (κ1) is 12.9. The van der Waals surface area contributed by atoms with E-state index in [9.17, 15) is 4.39 Å². The minimum Gasteiger partial charge on any atom is -0.232 e. The summed E-state index contributed by atoms with van der Waals surface area (Å²) in [6.45, 7) is 1.80. The summed E-state index contributed by atoms with van der Waals surface area (Å²) in [5, 5.41) is 0.316. The highest BCUT2D eigenvalue weighted by Gasteiger charge is 2.10. The van der Waals surface area contributed by atoms with Crippen LogP contribution >= 0.6 is 43.5 Å². The predicted octanol–water partition coefficient (Wildman–Crippen LogP) is 4.77. The van der Waals surface area contributed by atoms with E-state index in [0.717, 1.165) is 0 Å². The minimum atomic E-state index is -0.359. The molecule has 0 saturated carbocycles. The van der Waals surface area contributed by atoms with E-state index < -0.39 is 0 Å². The summed E-state index contributed by atoms with van der Waals surface area (Å²) in [6.07, 6.45) is 0. The van der Waals surface area contributed by atoms with Crippen molar-refractivity contribution in [1.82, 2.24) is 9.97 Å². The third-order valence-electron chi connectivity index (χ3n) is 2.15. The number of benzene rings is 1. The lowest BCUT2D eigenvalue weighted by Gasteiger charge is -2.05. The molecule has 0 fully saturated rings. The standard InChI is InChI=1S/C11H6Br2ClFN2/c1-5-9(13)10(14)17-11(16-5)6-2-3-7(12)8(15)4-6/h2-4H,1H3. The van der Waals surface area contributed by atoms with E-state index in [0.29, 0.717) is 31.2 Å². The number of rotatable bonds is 1. The summed E-state index contributed by atoms with van der Waals surface area (Å²) in [7, 11) is 0. The normalized spacial score (nSPS) is 10.6. The van der Waals surface area contributed by atoms with E-state index in [-0.39, 0.29) is 5.82 Å². The Hall–Kier alpha value is -0.520.